The van der Waals surface area contributed by atoms with E-state index in [1.807, 2.05) is 0 Å². The molecule has 0 aliphatic rings. The van der Waals surface area contributed by atoms with E-state index in [4.69, 9.17) is 0 Å². The average molecular weight is 288 g/mol. The molecule has 0 atom stereocenters. The highest BCUT2D eigenvalue weighted by Gasteiger charge is 2.20. The van der Waals surface area contributed by atoms with Crippen LogP contribution in [0.3, 0.4) is 0 Å². The summed E-state index contributed by atoms with van der Waals surface area (Å²) in [6.45, 7) is 2.99. The third kappa shape index (κ3) is 3.96. The summed E-state index contributed by atoms with van der Waals surface area (Å²) in [5, 5.41) is 19.5. The minimum Gasteiger partial charge on any atom is -0.384 e. The first-order valence-corrected chi connectivity index (χ1v) is 6.38. The van der Waals surface area contributed by atoms with E-state index in [1.54, 1.807) is 44.2 Å². The quantitative estimate of drug-likeness (QED) is 0.852. The van der Waals surface area contributed by atoms with Crippen LogP contribution in [0.25, 0.3) is 0 Å². The topological polar surface area (TPSA) is 97.1 Å². The number of benzene rings is 1. The zero-order chi connectivity index (χ0) is 15.5. The molecule has 7 heteroatoms. The smallest absolute Gasteiger partial charge is 0.257 e. The number of nitrogens with one attached hydrogen (secondary N) is 1. The van der Waals surface area contributed by atoms with E-state index in [-0.39, 0.29) is 6.54 Å². The van der Waals surface area contributed by atoms with Gasteiger partial charge in [-0.25, -0.2) is 4.68 Å². The highest BCUT2D eigenvalue weighted by atomic mass is 16.3. The van der Waals surface area contributed by atoms with Crippen molar-refractivity contribution in [2.45, 2.75) is 26.0 Å². The number of rotatable bonds is 4. The fraction of sp³-hybridized carbons (Fsp3) is 0.286. The second-order valence-electron chi connectivity index (χ2n) is 5.10. The highest BCUT2D eigenvalue weighted by molar-refractivity contribution is 6.04. The second kappa shape index (κ2) is 5.84. The van der Waals surface area contributed by atoms with Gasteiger partial charge in [0.2, 0.25) is 5.91 Å². The minimum absolute atomic E-state index is 0.151. The largest absolute Gasteiger partial charge is 0.384 e. The van der Waals surface area contributed by atoms with Gasteiger partial charge in [-0.1, -0.05) is 23.4 Å². The molecule has 110 valence electrons. The summed E-state index contributed by atoms with van der Waals surface area (Å²) in [6, 6.07) is 8.44. The van der Waals surface area contributed by atoms with Crippen LogP contribution < -0.4 is 5.32 Å². The zero-order valence-corrected chi connectivity index (χ0v) is 11.8. The van der Waals surface area contributed by atoms with Crippen LogP contribution in [0.4, 0.5) is 0 Å². The molecule has 0 spiro atoms. The predicted molar refractivity (Wildman–Crippen MR) is 74.2 cm³/mol. The van der Waals surface area contributed by atoms with Crippen molar-refractivity contribution < 1.29 is 14.7 Å². The van der Waals surface area contributed by atoms with Gasteiger partial charge in [-0.05, 0) is 26.0 Å². The zero-order valence-electron chi connectivity index (χ0n) is 11.8. The van der Waals surface area contributed by atoms with Crippen LogP contribution in [-0.4, -0.2) is 31.9 Å². The highest BCUT2D eigenvalue weighted by Crippen LogP contribution is 2.15. The van der Waals surface area contributed by atoms with Gasteiger partial charge >= 0.3 is 0 Å². The summed E-state index contributed by atoms with van der Waals surface area (Å²) in [6.07, 6.45) is 1.46. The fourth-order valence-corrected chi connectivity index (χ4v) is 1.63. The summed E-state index contributed by atoms with van der Waals surface area (Å²) in [7, 11) is 0. The number of aliphatic hydroxyl groups is 1. The van der Waals surface area contributed by atoms with E-state index >= 15 is 0 Å². The average Bonchev–Trinajstić information content (AvgIpc) is 2.88. The van der Waals surface area contributed by atoms with Crippen molar-refractivity contribution in [1.29, 1.82) is 0 Å². The van der Waals surface area contributed by atoms with Crippen LogP contribution in [0.2, 0.25) is 0 Å². The maximum atomic E-state index is 11.8. The standard InChI is InChI=1S/C14H16N4O3/c1-14(2,21)11-8-18(17-16-11)9-12(19)15-13(20)10-6-4-3-5-7-10/h3-8,21H,9H2,1-2H3,(H,15,19,20). The Kier molecular flexibility index (Phi) is 4.13. The lowest BCUT2D eigenvalue weighted by atomic mass is 10.1. The maximum Gasteiger partial charge on any atom is 0.257 e. The van der Waals surface area contributed by atoms with E-state index in [2.05, 4.69) is 15.6 Å². The lowest BCUT2D eigenvalue weighted by Gasteiger charge is -2.11. The first kappa shape index (κ1) is 14.9. The molecule has 0 radical (unpaired) electrons. The Morgan fingerprint density at radius 1 is 1.29 bits per heavy atom. The number of hydrogen-bond acceptors (Lipinski definition) is 5. The lowest BCUT2D eigenvalue weighted by molar-refractivity contribution is -0.120. The lowest BCUT2D eigenvalue weighted by Crippen LogP contribution is -2.33. The summed E-state index contributed by atoms with van der Waals surface area (Å²) in [5.74, 6) is -0.973. The van der Waals surface area contributed by atoms with Crippen molar-refractivity contribution in [1.82, 2.24) is 20.3 Å². The number of aromatic nitrogens is 3. The number of carbonyl (C=O) groups is 2. The van der Waals surface area contributed by atoms with Gasteiger partial charge in [-0.2, -0.15) is 0 Å². The van der Waals surface area contributed by atoms with Crippen molar-refractivity contribution in [2.24, 2.45) is 0 Å². The molecule has 2 N–H and O–H groups in total. The van der Waals surface area contributed by atoms with Crippen molar-refractivity contribution >= 4 is 11.8 Å². The molecule has 21 heavy (non-hydrogen) atoms. The van der Waals surface area contributed by atoms with Crippen molar-refractivity contribution in [3.8, 4) is 0 Å². The Balaban J connectivity index is 1.96. The SMILES string of the molecule is CC(C)(O)c1cn(CC(=O)NC(=O)c2ccccc2)nn1. The monoisotopic (exact) mass is 288 g/mol. The number of nitrogens with zero attached hydrogens (tertiary/aromatic N) is 3. The molecule has 7 nitrogen and oxygen atoms in total. The molecular formula is C14H16N4O3. The molecule has 0 saturated heterocycles. The van der Waals surface area contributed by atoms with Crippen LogP contribution in [0.1, 0.15) is 29.9 Å². The summed E-state index contributed by atoms with van der Waals surface area (Å²) >= 11 is 0. The van der Waals surface area contributed by atoms with E-state index in [0.29, 0.717) is 11.3 Å². The van der Waals surface area contributed by atoms with Gasteiger partial charge in [0.1, 0.15) is 17.8 Å². The van der Waals surface area contributed by atoms with Gasteiger partial charge in [0.05, 0.1) is 6.20 Å². The molecule has 0 fully saturated rings. The Morgan fingerprint density at radius 2 is 1.95 bits per heavy atom. The van der Waals surface area contributed by atoms with Crippen LogP contribution in [0.15, 0.2) is 36.5 Å². The molecule has 0 bridgehead atoms. The Bertz CT molecular complexity index is 644. The molecule has 0 aliphatic heterocycles. The van der Waals surface area contributed by atoms with Gasteiger partial charge < -0.3 is 5.11 Å². The van der Waals surface area contributed by atoms with Crippen LogP contribution in [0.5, 0.6) is 0 Å². The molecule has 0 saturated carbocycles. The molecule has 0 aliphatic carbocycles. The van der Waals surface area contributed by atoms with E-state index in [0.717, 1.165) is 0 Å². The van der Waals surface area contributed by atoms with Crippen molar-refractivity contribution in [3.05, 3.63) is 47.8 Å². The van der Waals surface area contributed by atoms with Crippen LogP contribution >= 0.6 is 0 Å². The van der Waals surface area contributed by atoms with E-state index in [1.165, 1.54) is 10.9 Å². The number of hydrogen-bond donors (Lipinski definition) is 2. The van der Waals surface area contributed by atoms with Crippen molar-refractivity contribution in [2.75, 3.05) is 0 Å². The molecule has 2 aromatic rings. The van der Waals surface area contributed by atoms with Gasteiger partial charge in [0.25, 0.3) is 5.91 Å². The molecule has 0 unspecified atom stereocenters. The van der Waals surface area contributed by atoms with Crippen LogP contribution in [0, 0.1) is 0 Å². The number of imide groups is 1. The number of carbonyl (C=O) groups excluding carboxylic acids is 2. The summed E-state index contributed by atoms with van der Waals surface area (Å²) in [5.41, 5.74) is -0.375. The predicted octanol–water partition coefficient (Wildman–Crippen LogP) is 0.462. The number of amides is 2. The Hall–Kier alpha value is -2.54. The second-order valence-corrected chi connectivity index (χ2v) is 5.10. The maximum absolute atomic E-state index is 11.8. The molecule has 1 heterocycles. The van der Waals surface area contributed by atoms with E-state index < -0.39 is 17.4 Å². The third-order valence-electron chi connectivity index (χ3n) is 2.76. The summed E-state index contributed by atoms with van der Waals surface area (Å²) in [4.78, 5) is 23.6. The van der Waals surface area contributed by atoms with Gasteiger partial charge in [0, 0.05) is 5.56 Å². The molecular weight excluding hydrogens is 272 g/mol. The molecule has 2 rings (SSSR count). The molecule has 1 aromatic carbocycles. The van der Waals surface area contributed by atoms with Gasteiger partial charge in [-0.15, -0.1) is 5.10 Å². The first-order chi connectivity index (χ1) is 9.86. The Morgan fingerprint density at radius 3 is 2.52 bits per heavy atom. The normalized spacial score (nSPS) is 11.2. The first-order valence-electron chi connectivity index (χ1n) is 6.38. The van der Waals surface area contributed by atoms with Gasteiger partial charge in [0.15, 0.2) is 0 Å². The Labute approximate surface area is 121 Å². The van der Waals surface area contributed by atoms with Crippen LogP contribution in [-0.2, 0) is 16.9 Å². The summed E-state index contributed by atoms with van der Waals surface area (Å²) < 4.78 is 1.26. The fourth-order valence-electron chi connectivity index (χ4n) is 1.63. The molecule has 1 aromatic heterocycles. The van der Waals surface area contributed by atoms with E-state index in [9.17, 15) is 14.7 Å². The van der Waals surface area contributed by atoms with Gasteiger partial charge in [-0.3, -0.25) is 14.9 Å². The van der Waals surface area contributed by atoms with Crippen molar-refractivity contribution in [3.63, 3.8) is 0 Å². The molecule has 2 amide bonds. The third-order valence-corrected chi connectivity index (χ3v) is 2.76. The minimum atomic E-state index is -1.13.